The molecule has 1 amide bonds. The van der Waals surface area contributed by atoms with Crippen molar-refractivity contribution in [2.24, 2.45) is 17.6 Å². The third-order valence-electron chi connectivity index (χ3n) is 5.20. The average Bonchev–Trinajstić information content (AvgIpc) is 2.44. The van der Waals surface area contributed by atoms with Crippen molar-refractivity contribution in [3.05, 3.63) is 0 Å². The number of nitrogens with two attached hydrogens (primary N) is 1. The molecule has 116 valence electrons. The Hall–Kier alpha value is -0.610. The third-order valence-corrected chi connectivity index (χ3v) is 5.20. The SMILES string of the molecule is CN1CCC(CN(C)C(=O)CC2CCCCC2N)CC1. The number of carbonyl (C=O) groups is 1. The van der Waals surface area contributed by atoms with E-state index in [2.05, 4.69) is 11.9 Å². The van der Waals surface area contributed by atoms with E-state index in [0.29, 0.717) is 24.2 Å². The molecule has 0 bridgehead atoms. The van der Waals surface area contributed by atoms with E-state index < -0.39 is 0 Å². The molecule has 1 aliphatic carbocycles. The summed E-state index contributed by atoms with van der Waals surface area (Å²) in [5, 5.41) is 0. The number of carbonyl (C=O) groups excluding carboxylic acids is 1. The van der Waals surface area contributed by atoms with Gasteiger partial charge in [-0.3, -0.25) is 4.79 Å². The lowest BCUT2D eigenvalue weighted by Crippen LogP contribution is -2.40. The standard InChI is InChI=1S/C16H31N3O/c1-18-9-7-13(8-10-18)12-19(2)16(20)11-14-5-3-4-6-15(14)17/h13-15H,3-12,17H2,1-2H3. The van der Waals surface area contributed by atoms with E-state index in [1.165, 1.54) is 38.8 Å². The topological polar surface area (TPSA) is 49.6 Å². The highest BCUT2D eigenvalue weighted by molar-refractivity contribution is 5.76. The first kappa shape index (κ1) is 15.8. The van der Waals surface area contributed by atoms with Crippen LogP contribution in [-0.4, -0.2) is 55.5 Å². The molecule has 0 spiro atoms. The Morgan fingerprint density at radius 2 is 1.85 bits per heavy atom. The van der Waals surface area contributed by atoms with E-state index in [1.54, 1.807) is 0 Å². The van der Waals surface area contributed by atoms with Crippen molar-refractivity contribution < 1.29 is 4.79 Å². The fourth-order valence-corrected chi connectivity index (χ4v) is 3.60. The van der Waals surface area contributed by atoms with Crippen molar-refractivity contribution in [2.45, 2.75) is 51.0 Å². The maximum Gasteiger partial charge on any atom is 0.222 e. The van der Waals surface area contributed by atoms with Gasteiger partial charge in [0.25, 0.3) is 0 Å². The first-order valence-corrected chi connectivity index (χ1v) is 8.24. The maximum atomic E-state index is 12.4. The molecular weight excluding hydrogens is 250 g/mol. The number of hydrogen-bond donors (Lipinski definition) is 1. The fourth-order valence-electron chi connectivity index (χ4n) is 3.60. The van der Waals surface area contributed by atoms with Crippen molar-refractivity contribution in [3.8, 4) is 0 Å². The molecule has 4 nitrogen and oxygen atoms in total. The molecule has 0 aromatic heterocycles. The smallest absolute Gasteiger partial charge is 0.222 e. The highest BCUT2D eigenvalue weighted by Gasteiger charge is 2.26. The van der Waals surface area contributed by atoms with Gasteiger partial charge in [0.05, 0.1) is 0 Å². The summed E-state index contributed by atoms with van der Waals surface area (Å²) in [5.74, 6) is 1.39. The van der Waals surface area contributed by atoms with Gasteiger partial charge in [-0.2, -0.15) is 0 Å². The van der Waals surface area contributed by atoms with E-state index in [-0.39, 0.29) is 6.04 Å². The number of hydrogen-bond acceptors (Lipinski definition) is 3. The van der Waals surface area contributed by atoms with Crippen LogP contribution in [0.3, 0.4) is 0 Å². The van der Waals surface area contributed by atoms with Gasteiger partial charge in [-0.05, 0) is 57.7 Å². The third kappa shape index (κ3) is 4.45. The van der Waals surface area contributed by atoms with Crippen LogP contribution in [0.15, 0.2) is 0 Å². The zero-order valence-electron chi connectivity index (χ0n) is 13.2. The van der Waals surface area contributed by atoms with Crippen LogP contribution in [-0.2, 0) is 4.79 Å². The Kier molecular flexibility index (Phi) is 5.85. The van der Waals surface area contributed by atoms with Crippen molar-refractivity contribution in [2.75, 3.05) is 33.7 Å². The molecular formula is C16H31N3O. The molecule has 20 heavy (non-hydrogen) atoms. The normalized spacial score (nSPS) is 29.4. The fraction of sp³-hybridized carbons (Fsp3) is 0.938. The highest BCUT2D eigenvalue weighted by atomic mass is 16.2. The molecule has 4 heteroatoms. The van der Waals surface area contributed by atoms with Crippen molar-refractivity contribution >= 4 is 5.91 Å². The van der Waals surface area contributed by atoms with Gasteiger partial charge >= 0.3 is 0 Å². The van der Waals surface area contributed by atoms with Crippen LogP contribution in [0.4, 0.5) is 0 Å². The van der Waals surface area contributed by atoms with Crippen LogP contribution in [0.1, 0.15) is 44.9 Å². The number of nitrogens with zero attached hydrogens (tertiary/aromatic N) is 2. The maximum absolute atomic E-state index is 12.4. The van der Waals surface area contributed by atoms with Gasteiger partial charge in [0.2, 0.25) is 5.91 Å². The minimum absolute atomic E-state index is 0.240. The molecule has 2 rings (SSSR count). The van der Waals surface area contributed by atoms with Crippen LogP contribution in [0.25, 0.3) is 0 Å². The van der Waals surface area contributed by atoms with Gasteiger partial charge in [0.15, 0.2) is 0 Å². The quantitative estimate of drug-likeness (QED) is 0.853. The van der Waals surface area contributed by atoms with Crippen molar-refractivity contribution in [1.82, 2.24) is 9.80 Å². The molecule has 1 heterocycles. The second-order valence-electron chi connectivity index (χ2n) is 6.93. The molecule has 0 aromatic carbocycles. The van der Waals surface area contributed by atoms with E-state index >= 15 is 0 Å². The van der Waals surface area contributed by atoms with E-state index in [0.717, 1.165) is 19.4 Å². The lowest BCUT2D eigenvalue weighted by atomic mass is 9.82. The number of piperidine rings is 1. The molecule has 0 aromatic rings. The molecule has 2 unspecified atom stereocenters. The summed E-state index contributed by atoms with van der Waals surface area (Å²) >= 11 is 0. The van der Waals surface area contributed by atoms with Gasteiger partial charge in [-0.15, -0.1) is 0 Å². The van der Waals surface area contributed by atoms with Crippen molar-refractivity contribution in [1.29, 1.82) is 0 Å². The van der Waals surface area contributed by atoms with Crippen molar-refractivity contribution in [3.63, 3.8) is 0 Å². The Bertz CT molecular complexity index is 313. The number of rotatable bonds is 4. The second kappa shape index (κ2) is 7.41. The highest BCUT2D eigenvalue weighted by Crippen LogP contribution is 2.26. The van der Waals surface area contributed by atoms with E-state index in [9.17, 15) is 4.79 Å². The summed E-state index contributed by atoms with van der Waals surface area (Å²) in [4.78, 5) is 16.7. The van der Waals surface area contributed by atoms with Crippen LogP contribution in [0.5, 0.6) is 0 Å². The lowest BCUT2D eigenvalue weighted by Gasteiger charge is -2.33. The second-order valence-corrected chi connectivity index (χ2v) is 6.93. The zero-order chi connectivity index (χ0) is 14.5. The lowest BCUT2D eigenvalue weighted by molar-refractivity contribution is -0.132. The Morgan fingerprint density at radius 1 is 1.20 bits per heavy atom. The van der Waals surface area contributed by atoms with Crippen LogP contribution in [0.2, 0.25) is 0 Å². The van der Waals surface area contributed by atoms with Crippen LogP contribution < -0.4 is 5.73 Å². The van der Waals surface area contributed by atoms with Crippen LogP contribution >= 0.6 is 0 Å². The largest absolute Gasteiger partial charge is 0.345 e. The van der Waals surface area contributed by atoms with Gasteiger partial charge in [0.1, 0.15) is 0 Å². The molecule has 0 radical (unpaired) electrons. The van der Waals surface area contributed by atoms with E-state index in [4.69, 9.17) is 5.73 Å². The molecule has 1 saturated heterocycles. The zero-order valence-corrected chi connectivity index (χ0v) is 13.2. The summed E-state index contributed by atoms with van der Waals surface area (Å²) in [7, 11) is 4.14. The average molecular weight is 281 g/mol. The monoisotopic (exact) mass is 281 g/mol. The predicted molar refractivity (Wildman–Crippen MR) is 82.4 cm³/mol. The minimum atomic E-state index is 0.240. The Morgan fingerprint density at radius 3 is 2.50 bits per heavy atom. The van der Waals surface area contributed by atoms with Gasteiger partial charge < -0.3 is 15.5 Å². The molecule has 2 aliphatic rings. The first-order chi connectivity index (χ1) is 9.56. The number of likely N-dealkylation sites (tertiary alicyclic amines) is 1. The molecule has 2 fully saturated rings. The van der Waals surface area contributed by atoms with Crippen LogP contribution in [0, 0.1) is 11.8 Å². The Labute approximate surface area is 123 Å². The molecule has 1 saturated carbocycles. The summed E-state index contributed by atoms with van der Waals surface area (Å²) in [6.07, 6.45) is 7.80. The number of amides is 1. The summed E-state index contributed by atoms with van der Waals surface area (Å²) in [6.45, 7) is 3.26. The predicted octanol–water partition coefficient (Wildman–Crippen LogP) is 1.69. The minimum Gasteiger partial charge on any atom is -0.345 e. The van der Waals surface area contributed by atoms with E-state index in [1.807, 2.05) is 11.9 Å². The Balaban J connectivity index is 1.74. The summed E-state index contributed by atoms with van der Waals surface area (Å²) < 4.78 is 0. The van der Waals surface area contributed by atoms with Gasteiger partial charge in [0, 0.05) is 26.1 Å². The first-order valence-electron chi connectivity index (χ1n) is 8.24. The summed E-state index contributed by atoms with van der Waals surface area (Å²) in [6, 6.07) is 0.240. The molecule has 1 aliphatic heterocycles. The van der Waals surface area contributed by atoms with Gasteiger partial charge in [-0.25, -0.2) is 0 Å². The molecule has 2 atom stereocenters. The van der Waals surface area contributed by atoms with Gasteiger partial charge in [-0.1, -0.05) is 12.8 Å². The molecule has 2 N–H and O–H groups in total. The summed E-state index contributed by atoms with van der Waals surface area (Å²) in [5.41, 5.74) is 6.15.